The van der Waals surface area contributed by atoms with Crippen molar-refractivity contribution in [3.05, 3.63) is 23.8 Å². The lowest BCUT2D eigenvalue weighted by molar-refractivity contribution is 1.02. The first-order chi connectivity index (χ1) is 4.81. The molecule has 0 aromatic rings. The highest BCUT2D eigenvalue weighted by atomic mass is 32.1. The summed E-state index contributed by atoms with van der Waals surface area (Å²) in [5.74, 6) is 0. The van der Waals surface area contributed by atoms with Gasteiger partial charge in [-0.3, -0.25) is 0 Å². The smallest absolute Gasteiger partial charge is 0.0242 e. The molecular weight excluding hydrogens is 140 g/mol. The maximum atomic E-state index is 4.27. The second kappa shape index (κ2) is 6.69. The minimum Gasteiger partial charge on any atom is -0.0938 e. The predicted molar refractivity (Wildman–Crippen MR) is 51.5 cm³/mol. The molecule has 0 saturated heterocycles. The van der Waals surface area contributed by atoms with E-state index < -0.39 is 0 Å². The molecule has 1 aliphatic carbocycles. The van der Waals surface area contributed by atoms with Gasteiger partial charge in [0.15, 0.2) is 0 Å². The summed E-state index contributed by atoms with van der Waals surface area (Å²) in [5.41, 5.74) is 1.41. The van der Waals surface area contributed by atoms with Gasteiger partial charge in [0, 0.05) is 0 Å². The number of hydrogen-bond donors (Lipinski definition) is 0. The van der Waals surface area contributed by atoms with Crippen molar-refractivity contribution in [1.82, 2.24) is 0 Å². The Hall–Kier alpha value is -0.430. The summed E-state index contributed by atoms with van der Waals surface area (Å²) in [4.78, 5) is 0. The lowest BCUT2D eigenvalue weighted by Crippen LogP contribution is -1.76. The largest absolute Gasteiger partial charge is 0.0938 e. The van der Waals surface area contributed by atoms with Crippen molar-refractivity contribution in [2.45, 2.75) is 26.7 Å². The SMILES string of the molecule is CC1=CCCC=C1.CC=S. The third kappa shape index (κ3) is 5.70. The van der Waals surface area contributed by atoms with Gasteiger partial charge in [-0.2, -0.15) is 0 Å². The topological polar surface area (TPSA) is 0 Å². The molecule has 0 atom stereocenters. The molecule has 10 heavy (non-hydrogen) atoms. The van der Waals surface area contributed by atoms with Crippen LogP contribution in [-0.2, 0) is 0 Å². The fourth-order valence-corrected chi connectivity index (χ4v) is 0.744. The van der Waals surface area contributed by atoms with E-state index in [1.165, 1.54) is 18.4 Å². The van der Waals surface area contributed by atoms with Gasteiger partial charge >= 0.3 is 0 Å². The molecule has 0 aliphatic heterocycles. The van der Waals surface area contributed by atoms with Crippen LogP contribution < -0.4 is 0 Å². The van der Waals surface area contributed by atoms with Gasteiger partial charge in [0.25, 0.3) is 0 Å². The van der Waals surface area contributed by atoms with Crippen LogP contribution in [-0.4, -0.2) is 5.37 Å². The Kier molecular flexibility index (Phi) is 6.40. The van der Waals surface area contributed by atoms with E-state index in [1.807, 2.05) is 6.92 Å². The Morgan fingerprint density at radius 3 is 2.30 bits per heavy atom. The third-order valence-corrected chi connectivity index (χ3v) is 1.18. The average Bonchev–Trinajstić information content (AvgIpc) is 1.91. The van der Waals surface area contributed by atoms with Crippen LogP contribution in [0.2, 0.25) is 0 Å². The summed E-state index contributed by atoms with van der Waals surface area (Å²) < 4.78 is 0. The van der Waals surface area contributed by atoms with Crippen molar-refractivity contribution in [1.29, 1.82) is 0 Å². The van der Waals surface area contributed by atoms with Crippen molar-refractivity contribution in [3.63, 3.8) is 0 Å². The molecule has 1 aliphatic rings. The van der Waals surface area contributed by atoms with Crippen LogP contribution >= 0.6 is 12.2 Å². The van der Waals surface area contributed by atoms with Crippen molar-refractivity contribution in [2.24, 2.45) is 0 Å². The van der Waals surface area contributed by atoms with Gasteiger partial charge in [-0.15, -0.1) is 0 Å². The van der Waals surface area contributed by atoms with E-state index in [0.29, 0.717) is 0 Å². The van der Waals surface area contributed by atoms with Crippen LogP contribution in [0.1, 0.15) is 26.7 Å². The summed E-state index contributed by atoms with van der Waals surface area (Å²) in [6, 6.07) is 0. The molecule has 0 aromatic carbocycles. The van der Waals surface area contributed by atoms with Crippen molar-refractivity contribution >= 4 is 17.6 Å². The lowest BCUT2D eigenvalue weighted by atomic mass is 10.1. The number of rotatable bonds is 0. The first kappa shape index (κ1) is 9.57. The zero-order valence-electron chi connectivity index (χ0n) is 6.63. The molecule has 0 amide bonds. The van der Waals surface area contributed by atoms with E-state index in [-0.39, 0.29) is 0 Å². The Morgan fingerprint density at radius 1 is 1.50 bits per heavy atom. The molecule has 1 rings (SSSR count). The lowest BCUT2D eigenvalue weighted by Gasteiger charge is -1.96. The summed E-state index contributed by atoms with van der Waals surface area (Å²) in [6.07, 6.45) is 9.12. The Bertz CT molecular complexity index is 143. The third-order valence-electron chi connectivity index (χ3n) is 1.18. The monoisotopic (exact) mass is 154 g/mol. The first-order valence-corrected chi connectivity index (χ1v) is 4.01. The molecule has 1 heteroatoms. The minimum absolute atomic E-state index is 1.23. The van der Waals surface area contributed by atoms with Crippen LogP contribution in [0.5, 0.6) is 0 Å². The van der Waals surface area contributed by atoms with Crippen LogP contribution in [0.25, 0.3) is 0 Å². The van der Waals surface area contributed by atoms with Crippen LogP contribution in [0.15, 0.2) is 23.8 Å². The quantitative estimate of drug-likeness (QED) is 0.482. The Labute approximate surface area is 68.6 Å². The molecule has 0 bridgehead atoms. The van der Waals surface area contributed by atoms with E-state index in [4.69, 9.17) is 0 Å². The second-order valence-electron chi connectivity index (χ2n) is 2.16. The van der Waals surface area contributed by atoms with Gasteiger partial charge in [0.1, 0.15) is 0 Å². The normalized spacial score (nSPS) is 14.8. The van der Waals surface area contributed by atoms with E-state index in [9.17, 15) is 0 Å². The van der Waals surface area contributed by atoms with E-state index in [1.54, 1.807) is 5.37 Å². The number of allylic oxidation sites excluding steroid dienone is 4. The minimum atomic E-state index is 1.23. The van der Waals surface area contributed by atoms with Gasteiger partial charge < -0.3 is 0 Å². The molecule has 0 nitrogen and oxygen atoms in total. The van der Waals surface area contributed by atoms with Gasteiger partial charge in [-0.05, 0) is 32.1 Å². The second-order valence-corrected chi connectivity index (χ2v) is 2.63. The zero-order chi connectivity index (χ0) is 7.82. The van der Waals surface area contributed by atoms with Crippen LogP contribution in [0.3, 0.4) is 0 Å². The molecule has 0 fully saturated rings. The van der Waals surface area contributed by atoms with E-state index in [0.717, 1.165) is 0 Å². The van der Waals surface area contributed by atoms with Gasteiger partial charge in [0.2, 0.25) is 0 Å². The summed E-state index contributed by atoms with van der Waals surface area (Å²) in [6.45, 7) is 3.95. The highest BCUT2D eigenvalue weighted by molar-refractivity contribution is 7.78. The van der Waals surface area contributed by atoms with E-state index >= 15 is 0 Å². The molecular formula is C9H14S. The van der Waals surface area contributed by atoms with Crippen molar-refractivity contribution in [2.75, 3.05) is 0 Å². The van der Waals surface area contributed by atoms with Gasteiger partial charge in [-0.25, -0.2) is 0 Å². The average molecular weight is 154 g/mol. The van der Waals surface area contributed by atoms with Crippen LogP contribution in [0, 0.1) is 0 Å². The summed E-state index contributed by atoms with van der Waals surface area (Å²) in [7, 11) is 0. The van der Waals surface area contributed by atoms with Gasteiger partial charge in [-0.1, -0.05) is 36.0 Å². The standard InChI is InChI=1S/C7H10.C2H4S/c1-7-5-3-2-4-6-7;1-2-3/h3,5-6H,2,4H2,1H3;2H,1H3. The molecule has 0 heterocycles. The molecule has 0 saturated carbocycles. The molecule has 0 unspecified atom stereocenters. The zero-order valence-corrected chi connectivity index (χ0v) is 7.45. The van der Waals surface area contributed by atoms with Crippen molar-refractivity contribution in [3.8, 4) is 0 Å². The van der Waals surface area contributed by atoms with Gasteiger partial charge in [0.05, 0.1) is 0 Å². The summed E-state index contributed by atoms with van der Waals surface area (Å²) >= 11 is 4.27. The first-order valence-electron chi connectivity index (χ1n) is 3.54. The Morgan fingerprint density at radius 2 is 2.10 bits per heavy atom. The number of hydrogen-bond acceptors (Lipinski definition) is 1. The number of thiocarbonyl (C=S) groups is 1. The highest BCUT2D eigenvalue weighted by Crippen LogP contribution is 2.06. The fourth-order valence-electron chi connectivity index (χ4n) is 0.744. The summed E-state index contributed by atoms with van der Waals surface area (Å²) in [5, 5.41) is 1.58. The highest BCUT2D eigenvalue weighted by Gasteiger charge is 1.86. The Balaban J connectivity index is 0.000000236. The van der Waals surface area contributed by atoms with E-state index in [2.05, 4.69) is 37.4 Å². The molecule has 56 valence electrons. The maximum Gasteiger partial charge on any atom is -0.0242 e. The fraction of sp³-hybridized carbons (Fsp3) is 0.444. The predicted octanol–water partition coefficient (Wildman–Crippen LogP) is 3.29. The van der Waals surface area contributed by atoms with Crippen molar-refractivity contribution < 1.29 is 0 Å². The molecule has 0 spiro atoms. The molecule has 0 aromatic heterocycles. The van der Waals surface area contributed by atoms with Crippen LogP contribution in [0.4, 0.5) is 0 Å². The molecule has 0 N–H and O–H groups in total. The maximum absolute atomic E-state index is 4.27. The molecule has 0 radical (unpaired) electrons.